The van der Waals surface area contributed by atoms with Gasteiger partial charge >= 0.3 is 0 Å². The van der Waals surface area contributed by atoms with E-state index in [1.54, 1.807) is 25.3 Å². The number of rotatable bonds is 8. The van der Waals surface area contributed by atoms with Crippen molar-refractivity contribution >= 4 is 18.3 Å². The Morgan fingerprint density at radius 3 is 2.75 bits per heavy atom. The molecule has 0 fully saturated rings. The molecule has 0 radical (unpaired) electrons. The number of hydrogen-bond donors (Lipinski definition) is 2. The summed E-state index contributed by atoms with van der Waals surface area (Å²) < 4.78 is 10.4. The zero-order valence-electron chi connectivity index (χ0n) is 12.1. The Bertz CT molecular complexity index is 402. The molecule has 5 nitrogen and oxygen atoms in total. The molecule has 1 aromatic carbocycles. The zero-order valence-corrected chi connectivity index (χ0v) is 13.0. The maximum atomic E-state index is 11.9. The fraction of sp³-hybridized carbons (Fsp3) is 0.500. The Labute approximate surface area is 126 Å². The third-order valence-electron chi connectivity index (χ3n) is 2.71. The van der Waals surface area contributed by atoms with Crippen LogP contribution in [-0.4, -0.2) is 45.9 Å². The van der Waals surface area contributed by atoms with Gasteiger partial charge in [0, 0.05) is 25.3 Å². The summed E-state index contributed by atoms with van der Waals surface area (Å²) in [6.45, 7) is 3.59. The first-order valence-electron chi connectivity index (χ1n) is 6.34. The van der Waals surface area contributed by atoms with Gasteiger partial charge < -0.3 is 20.1 Å². The molecular weight excluding hydrogens is 280 g/mol. The van der Waals surface area contributed by atoms with Crippen molar-refractivity contribution in [2.24, 2.45) is 0 Å². The highest BCUT2D eigenvalue weighted by Gasteiger charge is 2.07. The van der Waals surface area contributed by atoms with Crippen molar-refractivity contribution in [3.05, 3.63) is 29.8 Å². The van der Waals surface area contributed by atoms with E-state index in [1.807, 2.05) is 20.0 Å². The molecule has 20 heavy (non-hydrogen) atoms. The Morgan fingerprint density at radius 2 is 2.10 bits per heavy atom. The number of benzene rings is 1. The second kappa shape index (κ2) is 10.5. The van der Waals surface area contributed by atoms with Gasteiger partial charge in [-0.25, -0.2) is 0 Å². The van der Waals surface area contributed by atoms with E-state index in [1.165, 1.54) is 0 Å². The third-order valence-corrected chi connectivity index (χ3v) is 2.71. The average molecular weight is 303 g/mol. The first-order valence-corrected chi connectivity index (χ1v) is 6.34. The third kappa shape index (κ3) is 6.75. The Balaban J connectivity index is 0.00000361. The largest absolute Gasteiger partial charge is 0.491 e. The molecule has 1 rings (SSSR count). The standard InChI is InChI=1S/C14H22N2O3.ClH/c1-11(15-2)10-16-14(17)12-5-4-6-13(9-12)19-8-7-18-3;/h4-6,9,11,15H,7-8,10H2,1-3H3,(H,16,17);1H. The number of methoxy groups -OCH3 is 1. The fourth-order valence-corrected chi connectivity index (χ4v) is 1.42. The van der Waals surface area contributed by atoms with Crippen LogP contribution in [0.15, 0.2) is 24.3 Å². The minimum Gasteiger partial charge on any atom is -0.491 e. The van der Waals surface area contributed by atoms with Crippen molar-refractivity contribution in [2.45, 2.75) is 13.0 Å². The van der Waals surface area contributed by atoms with Gasteiger partial charge in [-0.2, -0.15) is 0 Å². The van der Waals surface area contributed by atoms with E-state index >= 15 is 0 Å². The summed E-state index contributed by atoms with van der Waals surface area (Å²) in [4.78, 5) is 11.9. The van der Waals surface area contributed by atoms with Crippen LogP contribution < -0.4 is 15.4 Å². The molecule has 0 aliphatic rings. The predicted octanol–water partition coefficient (Wildman–Crippen LogP) is 1.47. The number of nitrogens with one attached hydrogen (secondary N) is 2. The number of hydrogen-bond acceptors (Lipinski definition) is 4. The summed E-state index contributed by atoms with van der Waals surface area (Å²) in [6, 6.07) is 7.36. The van der Waals surface area contributed by atoms with E-state index in [2.05, 4.69) is 10.6 Å². The van der Waals surface area contributed by atoms with Gasteiger partial charge in [0.1, 0.15) is 12.4 Å². The highest BCUT2D eigenvalue weighted by Crippen LogP contribution is 2.13. The maximum Gasteiger partial charge on any atom is 0.251 e. The second-order valence-electron chi connectivity index (χ2n) is 4.27. The Kier molecular flexibility index (Phi) is 9.80. The lowest BCUT2D eigenvalue weighted by Crippen LogP contribution is -2.37. The molecule has 0 aliphatic heterocycles. The minimum absolute atomic E-state index is 0. The summed E-state index contributed by atoms with van der Waals surface area (Å²) in [6.07, 6.45) is 0. The number of carbonyl (C=O) groups is 1. The zero-order chi connectivity index (χ0) is 14.1. The van der Waals surface area contributed by atoms with E-state index in [-0.39, 0.29) is 24.4 Å². The predicted molar refractivity (Wildman–Crippen MR) is 81.9 cm³/mol. The summed E-state index contributed by atoms with van der Waals surface area (Å²) in [5.74, 6) is 0.575. The number of carbonyl (C=O) groups excluding carboxylic acids is 1. The maximum absolute atomic E-state index is 11.9. The average Bonchev–Trinajstić information content (AvgIpc) is 2.45. The van der Waals surface area contributed by atoms with Gasteiger partial charge in [0.05, 0.1) is 6.61 Å². The highest BCUT2D eigenvalue weighted by molar-refractivity contribution is 5.94. The van der Waals surface area contributed by atoms with E-state index in [4.69, 9.17) is 9.47 Å². The van der Waals surface area contributed by atoms with Gasteiger partial charge in [-0.15, -0.1) is 12.4 Å². The number of amides is 1. The van der Waals surface area contributed by atoms with Gasteiger partial charge in [-0.1, -0.05) is 6.07 Å². The van der Waals surface area contributed by atoms with Crippen LogP contribution in [0.5, 0.6) is 5.75 Å². The van der Waals surface area contributed by atoms with Crippen LogP contribution in [0.4, 0.5) is 0 Å². The van der Waals surface area contributed by atoms with Crippen molar-refractivity contribution < 1.29 is 14.3 Å². The lowest BCUT2D eigenvalue weighted by Gasteiger charge is -2.12. The lowest BCUT2D eigenvalue weighted by molar-refractivity contribution is 0.0950. The molecule has 0 spiro atoms. The van der Waals surface area contributed by atoms with Crippen LogP contribution in [0.1, 0.15) is 17.3 Å². The molecule has 114 valence electrons. The lowest BCUT2D eigenvalue weighted by atomic mass is 10.2. The molecule has 1 aromatic rings. The van der Waals surface area contributed by atoms with Crippen LogP contribution in [0, 0.1) is 0 Å². The quantitative estimate of drug-likeness (QED) is 0.714. The molecule has 0 saturated carbocycles. The van der Waals surface area contributed by atoms with Gasteiger partial charge in [-0.05, 0) is 32.2 Å². The molecule has 0 aliphatic carbocycles. The normalized spacial score (nSPS) is 11.3. The number of halogens is 1. The first kappa shape index (κ1) is 18.7. The monoisotopic (exact) mass is 302 g/mol. The van der Waals surface area contributed by atoms with Crippen LogP contribution in [0.3, 0.4) is 0 Å². The molecule has 1 amide bonds. The molecule has 0 bridgehead atoms. The van der Waals surface area contributed by atoms with Crippen molar-refractivity contribution in [1.82, 2.24) is 10.6 Å². The summed E-state index contributed by atoms with van der Waals surface area (Å²) in [7, 11) is 3.48. The SMILES string of the molecule is CNC(C)CNC(=O)c1cccc(OCCOC)c1.Cl. The highest BCUT2D eigenvalue weighted by atomic mass is 35.5. The van der Waals surface area contributed by atoms with Crippen molar-refractivity contribution in [3.63, 3.8) is 0 Å². The summed E-state index contributed by atoms with van der Waals surface area (Å²) >= 11 is 0. The number of ether oxygens (including phenoxy) is 2. The molecule has 6 heteroatoms. The van der Waals surface area contributed by atoms with Gasteiger partial charge in [0.2, 0.25) is 0 Å². The van der Waals surface area contributed by atoms with Crippen molar-refractivity contribution in [1.29, 1.82) is 0 Å². The second-order valence-corrected chi connectivity index (χ2v) is 4.27. The Hall–Kier alpha value is -1.30. The summed E-state index contributed by atoms with van der Waals surface area (Å²) in [5, 5.41) is 5.93. The molecule has 1 unspecified atom stereocenters. The molecule has 0 saturated heterocycles. The molecular formula is C14H23ClN2O3. The fourth-order valence-electron chi connectivity index (χ4n) is 1.42. The van der Waals surface area contributed by atoms with Gasteiger partial charge in [-0.3, -0.25) is 4.79 Å². The first-order chi connectivity index (χ1) is 9.17. The van der Waals surface area contributed by atoms with E-state index in [9.17, 15) is 4.79 Å². The minimum atomic E-state index is -0.0979. The molecule has 0 aromatic heterocycles. The van der Waals surface area contributed by atoms with E-state index in [0.29, 0.717) is 31.1 Å². The van der Waals surface area contributed by atoms with Gasteiger partial charge in [0.25, 0.3) is 5.91 Å². The van der Waals surface area contributed by atoms with E-state index < -0.39 is 0 Å². The van der Waals surface area contributed by atoms with Crippen LogP contribution in [0.2, 0.25) is 0 Å². The number of likely N-dealkylation sites (N-methyl/N-ethyl adjacent to an activating group) is 1. The Morgan fingerprint density at radius 1 is 1.35 bits per heavy atom. The van der Waals surface area contributed by atoms with Crippen LogP contribution >= 0.6 is 12.4 Å². The van der Waals surface area contributed by atoms with Crippen LogP contribution in [-0.2, 0) is 4.74 Å². The van der Waals surface area contributed by atoms with E-state index in [0.717, 1.165) is 0 Å². The molecule has 2 N–H and O–H groups in total. The van der Waals surface area contributed by atoms with Crippen molar-refractivity contribution in [2.75, 3.05) is 33.9 Å². The summed E-state index contributed by atoms with van der Waals surface area (Å²) in [5.41, 5.74) is 0.596. The smallest absolute Gasteiger partial charge is 0.251 e. The van der Waals surface area contributed by atoms with Crippen LogP contribution in [0.25, 0.3) is 0 Å². The molecule has 0 heterocycles. The topological polar surface area (TPSA) is 59.6 Å². The van der Waals surface area contributed by atoms with Gasteiger partial charge in [0.15, 0.2) is 0 Å². The molecule has 1 atom stereocenters. The van der Waals surface area contributed by atoms with Crippen molar-refractivity contribution in [3.8, 4) is 5.75 Å².